The first kappa shape index (κ1) is 33.0. The molecule has 0 aromatic carbocycles. The average molecular weight is 532 g/mol. The van der Waals surface area contributed by atoms with Gasteiger partial charge in [-0.25, -0.2) is 4.79 Å². The van der Waals surface area contributed by atoms with Crippen LogP contribution in [-0.2, 0) is 4.74 Å². The van der Waals surface area contributed by atoms with E-state index in [1.807, 2.05) is 0 Å². The summed E-state index contributed by atoms with van der Waals surface area (Å²) in [6.07, 6.45) is 38.2. The standard InChI is InChI=1S/C30H59BrO2/c1-2-3-4-5-6-7-8-9-10-11-12-13-14-15-16-17-18-19-20-21-22-23-24-25-26-27-28-29-33-30(31)32/h2-29H2,1H3. The van der Waals surface area contributed by atoms with Gasteiger partial charge in [0, 0.05) is 15.9 Å². The molecule has 198 valence electrons. The molecule has 0 aromatic rings. The molecule has 0 rings (SSSR count). The molecule has 0 radical (unpaired) electrons. The van der Waals surface area contributed by atoms with Crippen molar-refractivity contribution < 1.29 is 9.53 Å². The Morgan fingerprint density at radius 2 is 0.636 bits per heavy atom. The van der Waals surface area contributed by atoms with Crippen LogP contribution >= 0.6 is 15.9 Å². The summed E-state index contributed by atoms with van der Waals surface area (Å²) >= 11 is 2.78. The Morgan fingerprint density at radius 3 is 0.848 bits per heavy atom. The molecule has 0 N–H and O–H groups in total. The van der Waals surface area contributed by atoms with E-state index in [1.165, 1.54) is 167 Å². The van der Waals surface area contributed by atoms with Gasteiger partial charge in [-0.15, -0.1) is 0 Å². The minimum Gasteiger partial charge on any atom is -0.457 e. The second-order valence-electron chi connectivity index (χ2n) is 10.3. The first-order chi connectivity index (χ1) is 16.3. The van der Waals surface area contributed by atoms with Gasteiger partial charge in [0.15, 0.2) is 0 Å². The summed E-state index contributed by atoms with van der Waals surface area (Å²) in [6.45, 7) is 2.86. The molecular formula is C30H59BrO2. The van der Waals surface area contributed by atoms with Crippen LogP contribution in [-0.4, -0.2) is 11.5 Å². The number of hydrogen-bond acceptors (Lipinski definition) is 2. The average Bonchev–Trinajstić information content (AvgIpc) is 2.80. The number of ether oxygens (including phenoxy) is 1. The highest BCUT2D eigenvalue weighted by Crippen LogP contribution is 2.16. The van der Waals surface area contributed by atoms with Crippen molar-refractivity contribution in [1.29, 1.82) is 0 Å². The van der Waals surface area contributed by atoms with E-state index < -0.39 is 0 Å². The highest BCUT2D eigenvalue weighted by molar-refractivity contribution is 9.18. The van der Waals surface area contributed by atoms with Gasteiger partial charge in [-0.1, -0.05) is 174 Å². The van der Waals surface area contributed by atoms with Crippen molar-refractivity contribution in [3.05, 3.63) is 0 Å². The van der Waals surface area contributed by atoms with Gasteiger partial charge in [-0.2, -0.15) is 0 Å². The third kappa shape index (κ3) is 32.0. The van der Waals surface area contributed by atoms with Crippen molar-refractivity contribution in [2.45, 2.75) is 180 Å². The fourth-order valence-electron chi connectivity index (χ4n) is 4.75. The third-order valence-electron chi connectivity index (χ3n) is 6.96. The molecular weight excluding hydrogens is 472 g/mol. The van der Waals surface area contributed by atoms with Crippen molar-refractivity contribution in [2.75, 3.05) is 6.61 Å². The number of rotatable bonds is 28. The number of carbonyl (C=O) groups excluding carboxylic acids is 1. The predicted octanol–water partition coefficient (Wildman–Crippen LogP) is 12.1. The molecule has 0 saturated carbocycles. The van der Waals surface area contributed by atoms with E-state index in [1.54, 1.807) is 0 Å². The van der Waals surface area contributed by atoms with E-state index in [-0.39, 0.29) is 4.88 Å². The van der Waals surface area contributed by atoms with Gasteiger partial charge < -0.3 is 4.74 Å². The van der Waals surface area contributed by atoms with Gasteiger partial charge in [0.05, 0.1) is 6.61 Å². The van der Waals surface area contributed by atoms with Gasteiger partial charge in [-0.3, -0.25) is 0 Å². The summed E-state index contributed by atoms with van der Waals surface area (Å²) in [5, 5.41) is 0. The molecule has 2 nitrogen and oxygen atoms in total. The summed E-state index contributed by atoms with van der Waals surface area (Å²) in [5.41, 5.74) is 0. The molecule has 0 atom stereocenters. The van der Waals surface area contributed by atoms with Gasteiger partial charge in [-0.05, 0) is 6.42 Å². The summed E-state index contributed by atoms with van der Waals surface area (Å²) in [7, 11) is 0. The maximum atomic E-state index is 10.6. The van der Waals surface area contributed by atoms with Crippen LogP contribution in [0.15, 0.2) is 0 Å². The van der Waals surface area contributed by atoms with Gasteiger partial charge in [0.1, 0.15) is 0 Å². The molecule has 0 aliphatic heterocycles. The Labute approximate surface area is 216 Å². The SMILES string of the molecule is CCCCCCCCCCCCCCCCCCCCCCCCCCCCCOC(=O)Br. The van der Waals surface area contributed by atoms with Crippen LogP contribution in [0.4, 0.5) is 4.79 Å². The quantitative estimate of drug-likeness (QED) is 0.0741. The lowest BCUT2D eigenvalue weighted by atomic mass is 10.0. The van der Waals surface area contributed by atoms with Crippen LogP contribution in [0.1, 0.15) is 180 Å². The van der Waals surface area contributed by atoms with E-state index in [0.717, 1.165) is 6.42 Å². The molecule has 33 heavy (non-hydrogen) atoms. The van der Waals surface area contributed by atoms with E-state index in [2.05, 4.69) is 22.9 Å². The van der Waals surface area contributed by atoms with Crippen LogP contribution in [0.5, 0.6) is 0 Å². The summed E-state index contributed by atoms with van der Waals surface area (Å²) < 4.78 is 4.88. The molecule has 0 heterocycles. The fourth-order valence-corrected chi connectivity index (χ4v) is 4.91. The molecule has 0 fully saturated rings. The molecule has 0 amide bonds. The molecule has 0 bridgehead atoms. The minimum absolute atomic E-state index is 0.336. The first-order valence-electron chi connectivity index (χ1n) is 15.1. The van der Waals surface area contributed by atoms with Crippen LogP contribution < -0.4 is 0 Å². The van der Waals surface area contributed by atoms with Gasteiger partial charge >= 0.3 is 4.88 Å². The van der Waals surface area contributed by atoms with Crippen molar-refractivity contribution in [1.82, 2.24) is 0 Å². The Kier molecular flexibility index (Phi) is 29.9. The lowest BCUT2D eigenvalue weighted by Crippen LogP contribution is -1.95. The van der Waals surface area contributed by atoms with E-state index in [0.29, 0.717) is 6.61 Å². The van der Waals surface area contributed by atoms with Gasteiger partial charge in [0.25, 0.3) is 0 Å². The smallest absolute Gasteiger partial charge is 0.374 e. The van der Waals surface area contributed by atoms with Crippen LogP contribution in [0.2, 0.25) is 0 Å². The zero-order chi connectivity index (χ0) is 24.1. The highest BCUT2D eigenvalue weighted by Gasteiger charge is 1.97. The van der Waals surface area contributed by atoms with Gasteiger partial charge in [0.2, 0.25) is 0 Å². The summed E-state index contributed by atoms with van der Waals surface area (Å²) in [4.78, 5) is 10.2. The first-order valence-corrected chi connectivity index (χ1v) is 15.9. The largest absolute Gasteiger partial charge is 0.457 e. The monoisotopic (exact) mass is 530 g/mol. The van der Waals surface area contributed by atoms with Crippen molar-refractivity contribution in [2.24, 2.45) is 0 Å². The Bertz CT molecular complexity index is 372. The van der Waals surface area contributed by atoms with E-state index >= 15 is 0 Å². The maximum Gasteiger partial charge on any atom is 0.374 e. The lowest BCUT2D eigenvalue weighted by molar-refractivity contribution is 0.174. The molecule has 0 unspecified atom stereocenters. The van der Waals surface area contributed by atoms with Crippen LogP contribution in [0, 0.1) is 0 Å². The fraction of sp³-hybridized carbons (Fsp3) is 0.967. The molecule has 0 saturated heterocycles. The third-order valence-corrected chi connectivity index (χ3v) is 7.19. The normalized spacial score (nSPS) is 11.2. The predicted molar refractivity (Wildman–Crippen MR) is 151 cm³/mol. The molecule has 3 heteroatoms. The molecule has 0 aliphatic carbocycles. The molecule has 0 spiro atoms. The second kappa shape index (κ2) is 30.0. The summed E-state index contributed by atoms with van der Waals surface area (Å²) in [5.74, 6) is 0. The van der Waals surface area contributed by atoms with Crippen molar-refractivity contribution in [3.63, 3.8) is 0 Å². The Balaban J connectivity index is 3.01. The molecule has 0 aliphatic rings. The number of carbonyl (C=O) groups is 1. The number of halogens is 1. The lowest BCUT2D eigenvalue weighted by Gasteiger charge is -2.04. The minimum atomic E-state index is -0.336. The number of hydrogen-bond donors (Lipinski definition) is 0. The summed E-state index contributed by atoms with van der Waals surface area (Å²) in [6, 6.07) is 0. The maximum absolute atomic E-state index is 10.6. The topological polar surface area (TPSA) is 26.3 Å². The van der Waals surface area contributed by atoms with Crippen LogP contribution in [0.25, 0.3) is 0 Å². The molecule has 0 aromatic heterocycles. The zero-order valence-corrected chi connectivity index (χ0v) is 24.1. The Morgan fingerprint density at radius 1 is 0.424 bits per heavy atom. The van der Waals surface area contributed by atoms with E-state index in [9.17, 15) is 4.79 Å². The Hall–Kier alpha value is -0.0500. The van der Waals surface area contributed by atoms with Crippen molar-refractivity contribution in [3.8, 4) is 0 Å². The van der Waals surface area contributed by atoms with Crippen LogP contribution in [0.3, 0.4) is 0 Å². The van der Waals surface area contributed by atoms with Crippen molar-refractivity contribution >= 4 is 20.8 Å². The highest BCUT2D eigenvalue weighted by atomic mass is 79.9. The number of unbranched alkanes of at least 4 members (excludes halogenated alkanes) is 26. The second-order valence-corrected chi connectivity index (χ2v) is 10.9. The zero-order valence-electron chi connectivity index (χ0n) is 22.5. The van der Waals surface area contributed by atoms with E-state index in [4.69, 9.17) is 4.74 Å².